The van der Waals surface area contributed by atoms with Gasteiger partial charge in [0.05, 0.1) is 12.6 Å². The van der Waals surface area contributed by atoms with Crippen LogP contribution in [0.4, 0.5) is 0 Å². The topological polar surface area (TPSA) is 62.4 Å². The van der Waals surface area contributed by atoms with E-state index < -0.39 is 0 Å². The first-order chi connectivity index (χ1) is 8.04. The van der Waals surface area contributed by atoms with E-state index in [2.05, 4.69) is 22.1 Å². The van der Waals surface area contributed by atoms with Gasteiger partial charge in [0.25, 0.3) is 0 Å². The Bertz CT molecular complexity index is 358. The van der Waals surface area contributed by atoms with Gasteiger partial charge in [0.2, 0.25) is 5.89 Å². The summed E-state index contributed by atoms with van der Waals surface area (Å²) in [6, 6.07) is 0. The molecule has 0 unspecified atom stereocenters. The average Bonchev–Trinajstić information content (AvgIpc) is 2.63. The fourth-order valence-electron chi connectivity index (χ4n) is 2.16. The maximum atomic E-state index is 9.23. The van der Waals surface area contributed by atoms with Crippen LogP contribution in [0.5, 0.6) is 0 Å². The minimum atomic E-state index is -0.0777. The molecule has 0 spiro atoms. The molecule has 0 atom stereocenters. The van der Waals surface area contributed by atoms with Crippen LogP contribution in [-0.2, 0) is 6.54 Å². The van der Waals surface area contributed by atoms with E-state index in [1.807, 2.05) is 13.8 Å². The van der Waals surface area contributed by atoms with Crippen molar-refractivity contribution in [1.82, 2.24) is 15.0 Å². The van der Waals surface area contributed by atoms with Crippen molar-refractivity contribution in [3.63, 3.8) is 0 Å². The van der Waals surface area contributed by atoms with Crippen LogP contribution in [0.15, 0.2) is 4.52 Å². The lowest BCUT2D eigenvalue weighted by molar-refractivity contribution is 0.0270. The van der Waals surface area contributed by atoms with Crippen LogP contribution in [-0.4, -0.2) is 39.8 Å². The number of aliphatic hydroxyl groups is 1. The second kappa shape index (κ2) is 5.14. The van der Waals surface area contributed by atoms with Gasteiger partial charge in [-0.15, -0.1) is 0 Å². The Balaban J connectivity index is 1.79. The Morgan fingerprint density at radius 1 is 1.47 bits per heavy atom. The van der Waals surface area contributed by atoms with E-state index in [0.29, 0.717) is 18.4 Å². The first kappa shape index (κ1) is 12.5. The molecular weight excluding hydrogens is 218 g/mol. The van der Waals surface area contributed by atoms with E-state index in [0.717, 1.165) is 25.2 Å². The zero-order valence-electron chi connectivity index (χ0n) is 10.8. The van der Waals surface area contributed by atoms with Gasteiger partial charge in [-0.2, -0.15) is 4.98 Å². The van der Waals surface area contributed by atoms with E-state index in [-0.39, 0.29) is 12.0 Å². The molecule has 1 fully saturated rings. The third-order valence-electron chi connectivity index (χ3n) is 3.17. The van der Waals surface area contributed by atoms with Crippen molar-refractivity contribution < 1.29 is 9.63 Å². The standard InChI is InChI=1S/C12H21N3O2/c1-8(2)12-13-11(14-17-12)7-15(3)6-9-4-10(16)5-9/h8-10,16H,4-7H2,1-3H3. The summed E-state index contributed by atoms with van der Waals surface area (Å²) in [7, 11) is 2.05. The Hall–Kier alpha value is -0.940. The first-order valence-electron chi connectivity index (χ1n) is 6.23. The molecule has 17 heavy (non-hydrogen) atoms. The first-order valence-corrected chi connectivity index (χ1v) is 6.23. The summed E-state index contributed by atoms with van der Waals surface area (Å²) in [6.45, 7) is 5.78. The van der Waals surface area contributed by atoms with Gasteiger partial charge in [-0.3, -0.25) is 4.90 Å². The second-order valence-corrected chi connectivity index (χ2v) is 5.39. The van der Waals surface area contributed by atoms with Gasteiger partial charge in [-0.1, -0.05) is 19.0 Å². The lowest BCUT2D eigenvalue weighted by Gasteiger charge is -2.34. The highest BCUT2D eigenvalue weighted by atomic mass is 16.5. The molecule has 1 heterocycles. The Labute approximate surface area is 102 Å². The molecule has 96 valence electrons. The molecule has 1 aliphatic rings. The quantitative estimate of drug-likeness (QED) is 0.841. The predicted octanol–water partition coefficient (Wildman–Crippen LogP) is 1.40. The summed E-state index contributed by atoms with van der Waals surface area (Å²) in [4.78, 5) is 6.53. The number of aromatic nitrogens is 2. The third kappa shape index (κ3) is 3.26. The highest BCUT2D eigenvalue weighted by Crippen LogP contribution is 2.27. The molecule has 0 aliphatic heterocycles. The number of rotatable bonds is 5. The largest absolute Gasteiger partial charge is 0.393 e. The Morgan fingerprint density at radius 3 is 2.71 bits per heavy atom. The molecule has 1 saturated carbocycles. The zero-order chi connectivity index (χ0) is 12.4. The number of hydrogen-bond donors (Lipinski definition) is 1. The minimum Gasteiger partial charge on any atom is -0.393 e. The summed E-state index contributed by atoms with van der Waals surface area (Å²) in [5.74, 6) is 2.35. The van der Waals surface area contributed by atoms with Gasteiger partial charge < -0.3 is 9.63 Å². The zero-order valence-corrected chi connectivity index (χ0v) is 10.8. The molecule has 0 radical (unpaired) electrons. The fourth-order valence-corrected chi connectivity index (χ4v) is 2.16. The molecule has 1 aliphatic carbocycles. The Kier molecular flexibility index (Phi) is 3.79. The van der Waals surface area contributed by atoms with Gasteiger partial charge in [-0.25, -0.2) is 0 Å². The normalized spacial score (nSPS) is 24.4. The van der Waals surface area contributed by atoms with Crippen molar-refractivity contribution in [3.8, 4) is 0 Å². The molecule has 2 rings (SSSR count). The smallest absolute Gasteiger partial charge is 0.229 e. The maximum Gasteiger partial charge on any atom is 0.229 e. The molecule has 1 aromatic rings. The molecule has 5 heteroatoms. The van der Waals surface area contributed by atoms with Crippen molar-refractivity contribution in [2.75, 3.05) is 13.6 Å². The van der Waals surface area contributed by atoms with Gasteiger partial charge in [-0.05, 0) is 25.8 Å². The fraction of sp³-hybridized carbons (Fsp3) is 0.833. The summed E-state index contributed by atoms with van der Waals surface area (Å²) in [5.41, 5.74) is 0. The van der Waals surface area contributed by atoms with E-state index in [1.54, 1.807) is 0 Å². The van der Waals surface area contributed by atoms with Crippen LogP contribution in [0.25, 0.3) is 0 Å². The number of aliphatic hydroxyl groups excluding tert-OH is 1. The van der Waals surface area contributed by atoms with E-state index in [9.17, 15) is 5.11 Å². The summed E-state index contributed by atoms with van der Waals surface area (Å²) >= 11 is 0. The van der Waals surface area contributed by atoms with Crippen molar-refractivity contribution in [2.45, 2.75) is 45.3 Å². The van der Waals surface area contributed by atoms with Gasteiger partial charge >= 0.3 is 0 Å². The molecular formula is C12H21N3O2. The highest BCUT2D eigenvalue weighted by Gasteiger charge is 2.28. The molecule has 5 nitrogen and oxygen atoms in total. The van der Waals surface area contributed by atoms with Gasteiger partial charge in [0.15, 0.2) is 5.82 Å². The average molecular weight is 239 g/mol. The van der Waals surface area contributed by atoms with E-state index in [1.165, 1.54) is 0 Å². The minimum absolute atomic E-state index is 0.0777. The highest BCUT2D eigenvalue weighted by molar-refractivity contribution is 4.91. The summed E-state index contributed by atoms with van der Waals surface area (Å²) < 4.78 is 5.16. The van der Waals surface area contributed by atoms with E-state index >= 15 is 0 Å². The van der Waals surface area contributed by atoms with E-state index in [4.69, 9.17) is 4.52 Å². The lowest BCUT2D eigenvalue weighted by Crippen LogP contribution is -2.36. The summed E-state index contributed by atoms with van der Waals surface area (Å²) in [6.07, 6.45) is 1.77. The van der Waals surface area contributed by atoms with Crippen LogP contribution >= 0.6 is 0 Å². The summed E-state index contributed by atoms with van der Waals surface area (Å²) in [5, 5.41) is 13.2. The maximum absolute atomic E-state index is 9.23. The molecule has 0 aromatic carbocycles. The van der Waals surface area contributed by atoms with Gasteiger partial charge in [0, 0.05) is 12.5 Å². The second-order valence-electron chi connectivity index (χ2n) is 5.39. The molecule has 0 amide bonds. The molecule has 0 saturated heterocycles. The molecule has 1 aromatic heterocycles. The Morgan fingerprint density at radius 2 is 2.18 bits per heavy atom. The number of nitrogens with zero attached hydrogens (tertiary/aromatic N) is 3. The monoisotopic (exact) mass is 239 g/mol. The van der Waals surface area contributed by atoms with Crippen LogP contribution in [0, 0.1) is 5.92 Å². The van der Waals surface area contributed by atoms with Crippen LogP contribution < -0.4 is 0 Å². The SMILES string of the molecule is CC(C)c1nc(CN(C)CC2CC(O)C2)no1. The van der Waals surface area contributed by atoms with Crippen molar-refractivity contribution in [1.29, 1.82) is 0 Å². The van der Waals surface area contributed by atoms with Crippen LogP contribution in [0.3, 0.4) is 0 Å². The van der Waals surface area contributed by atoms with Crippen LogP contribution in [0.2, 0.25) is 0 Å². The number of hydrogen-bond acceptors (Lipinski definition) is 5. The third-order valence-corrected chi connectivity index (χ3v) is 3.17. The molecule has 0 bridgehead atoms. The molecule has 1 N–H and O–H groups in total. The van der Waals surface area contributed by atoms with Crippen molar-refractivity contribution >= 4 is 0 Å². The van der Waals surface area contributed by atoms with Crippen LogP contribution in [0.1, 0.15) is 44.3 Å². The van der Waals surface area contributed by atoms with Crippen molar-refractivity contribution in [3.05, 3.63) is 11.7 Å². The van der Waals surface area contributed by atoms with Gasteiger partial charge in [0.1, 0.15) is 0 Å². The lowest BCUT2D eigenvalue weighted by atomic mass is 9.82. The van der Waals surface area contributed by atoms with Crippen molar-refractivity contribution in [2.24, 2.45) is 5.92 Å². The predicted molar refractivity (Wildman–Crippen MR) is 63.5 cm³/mol.